The first-order chi connectivity index (χ1) is 22.4. The minimum Gasteiger partial charge on any atom is -0.493 e. The van der Waals surface area contributed by atoms with Crippen LogP contribution < -0.4 is 9.64 Å². The third-order valence-corrected chi connectivity index (χ3v) is 9.44. The quantitative estimate of drug-likeness (QED) is 0.124. The molecule has 4 aromatic carbocycles. The predicted octanol–water partition coefficient (Wildman–Crippen LogP) is 9.18. The fourth-order valence-electron chi connectivity index (χ4n) is 7.16. The normalized spacial score (nSPS) is 15.7. The van der Waals surface area contributed by atoms with Crippen molar-refractivity contribution in [3.63, 3.8) is 0 Å². The molecule has 0 spiro atoms. The molecule has 0 N–H and O–H groups in total. The number of esters is 1. The molecule has 2 heterocycles. The molecule has 0 bridgehead atoms. The summed E-state index contributed by atoms with van der Waals surface area (Å²) in [5.74, 6) is 0.963. The van der Waals surface area contributed by atoms with E-state index in [1.54, 1.807) is 0 Å². The Balaban J connectivity index is 1.64. The van der Waals surface area contributed by atoms with Gasteiger partial charge in [-0.3, -0.25) is 0 Å². The van der Waals surface area contributed by atoms with E-state index in [9.17, 15) is 4.79 Å². The maximum atomic E-state index is 13.9. The van der Waals surface area contributed by atoms with Crippen molar-refractivity contribution in [2.75, 3.05) is 24.6 Å². The van der Waals surface area contributed by atoms with Gasteiger partial charge < -0.3 is 18.9 Å². The predicted molar refractivity (Wildman–Crippen MR) is 188 cm³/mol. The fraction of sp³-hybridized carbons (Fsp3) is 0.341. The van der Waals surface area contributed by atoms with E-state index < -0.39 is 5.60 Å². The van der Waals surface area contributed by atoms with Crippen LogP contribution >= 0.6 is 0 Å². The second-order valence-corrected chi connectivity index (χ2v) is 12.6. The molecule has 0 saturated heterocycles. The van der Waals surface area contributed by atoms with Gasteiger partial charge in [-0.1, -0.05) is 80.6 Å². The molecule has 46 heavy (non-hydrogen) atoms. The zero-order valence-electron chi connectivity index (χ0n) is 27.9. The van der Waals surface area contributed by atoms with Gasteiger partial charge in [-0.05, 0) is 69.4 Å². The van der Waals surface area contributed by atoms with Crippen LogP contribution in [0.1, 0.15) is 79.3 Å². The van der Waals surface area contributed by atoms with Crippen molar-refractivity contribution in [1.29, 1.82) is 0 Å². The van der Waals surface area contributed by atoms with E-state index in [0.29, 0.717) is 18.1 Å². The molecule has 1 aliphatic rings. The molecule has 1 aliphatic heterocycles. The second-order valence-electron chi connectivity index (χ2n) is 12.6. The number of benzene rings is 4. The van der Waals surface area contributed by atoms with Crippen molar-refractivity contribution in [3.8, 4) is 5.75 Å². The highest BCUT2D eigenvalue weighted by Gasteiger charge is 2.52. The first-order valence-electron chi connectivity index (χ1n) is 16.9. The van der Waals surface area contributed by atoms with E-state index in [4.69, 9.17) is 9.47 Å². The molecule has 0 amide bonds. The number of aryl methyl sites for hydroxylation is 1. The molecule has 0 aliphatic carbocycles. The Hall–Kier alpha value is -4.51. The first-order valence-corrected chi connectivity index (χ1v) is 16.9. The van der Waals surface area contributed by atoms with Gasteiger partial charge in [0.25, 0.3) is 0 Å². The Kier molecular flexibility index (Phi) is 9.21. The summed E-state index contributed by atoms with van der Waals surface area (Å²) in [6, 6.07) is 33.4. The molecular formula is C41H46N2O3. The summed E-state index contributed by atoms with van der Waals surface area (Å²) in [6.45, 7) is 14.2. The highest BCUT2D eigenvalue weighted by molar-refractivity contribution is 5.99. The molecule has 0 saturated carbocycles. The summed E-state index contributed by atoms with van der Waals surface area (Å²) in [6.07, 6.45) is 2.67. The Morgan fingerprint density at radius 3 is 2.28 bits per heavy atom. The van der Waals surface area contributed by atoms with Crippen LogP contribution in [0.2, 0.25) is 0 Å². The van der Waals surface area contributed by atoms with Crippen molar-refractivity contribution in [2.24, 2.45) is 5.92 Å². The molecule has 6 rings (SSSR count). The largest absolute Gasteiger partial charge is 0.493 e. The number of fused-ring (bicyclic) bond motifs is 2. The molecule has 238 valence electrons. The molecule has 5 heteroatoms. The van der Waals surface area contributed by atoms with Crippen LogP contribution in [0, 0.1) is 5.92 Å². The number of hydrogen-bond acceptors (Lipinski definition) is 4. The average molecular weight is 615 g/mol. The van der Waals surface area contributed by atoms with Crippen LogP contribution in [0.5, 0.6) is 5.75 Å². The first kappa shape index (κ1) is 31.5. The third-order valence-electron chi connectivity index (χ3n) is 9.44. The Bertz CT molecular complexity index is 1820. The van der Waals surface area contributed by atoms with Gasteiger partial charge in [0.1, 0.15) is 5.75 Å². The van der Waals surface area contributed by atoms with Crippen LogP contribution in [0.25, 0.3) is 10.9 Å². The van der Waals surface area contributed by atoms with Crippen LogP contribution in [-0.2, 0) is 29.7 Å². The van der Waals surface area contributed by atoms with Crippen LogP contribution in [0.4, 0.5) is 5.69 Å². The van der Waals surface area contributed by atoms with Crippen LogP contribution in [0.3, 0.4) is 0 Å². The number of anilines is 1. The molecular weight excluding hydrogens is 568 g/mol. The summed E-state index contributed by atoms with van der Waals surface area (Å²) >= 11 is 0. The van der Waals surface area contributed by atoms with Gasteiger partial charge in [-0.25, -0.2) is 4.79 Å². The Morgan fingerprint density at radius 1 is 0.826 bits per heavy atom. The third kappa shape index (κ3) is 5.57. The van der Waals surface area contributed by atoms with Gasteiger partial charge in [-0.15, -0.1) is 0 Å². The van der Waals surface area contributed by atoms with E-state index in [2.05, 4.69) is 117 Å². The molecule has 5 nitrogen and oxygen atoms in total. The molecule has 1 aromatic heterocycles. The number of aromatic nitrogens is 1. The number of hydrogen-bond donors (Lipinski definition) is 0. The summed E-state index contributed by atoms with van der Waals surface area (Å²) in [5, 5.41) is 1.11. The average Bonchev–Trinajstić information content (AvgIpc) is 3.56. The van der Waals surface area contributed by atoms with E-state index in [0.717, 1.165) is 77.9 Å². The van der Waals surface area contributed by atoms with Crippen molar-refractivity contribution >= 4 is 22.6 Å². The molecule has 0 fully saturated rings. The number of cyclic esters (lactones) is 1. The van der Waals surface area contributed by atoms with Crippen molar-refractivity contribution in [3.05, 3.63) is 131 Å². The number of para-hydroxylation sites is 1. The van der Waals surface area contributed by atoms with Crippen LogP contribution in [0.15, 0.2) is 97.1 Å². The summed E-state index contributed by atoms with van der Waals surface area (Å²) < 4.78 is 16.0. The zero-order chi connectivity index (χ0) is 32.3. The van der Waals surface area contributed by atoms with Crippen molar-refractivity contribution in [2.45, 2.75) is 66.0 Å². The molecule has 0 radical (unpaired) electrons. The molecule has 1 unspecified atom stereocenters. The van der Waals surface area contributed by atoms with Gasteiger partial charge in [0.2, 0.25) is 0 Å². The van der Waals surface area contributed by atoms with Crippen molar-refractivity contribution < 1.29 is 14.3 Å². The van der Waals surface area contributed by atoms with E-state index >= 15 is 0 Å². The number of carbonyl (C=O) groups excluding carboxylic acids is 1. The maximum Gasteiger partial charge on any atom is 0.340 e. The molecule has 1 atom stereocenters. The van der Waals surface area contributed by atoms with Gasteiger partial charge in [0.15, 0.2) is 5.60 Å². The fourth-order valence-corrected chi connectivity index (χ4v) is 7.16. The smallest absolute Gasteiger partial charge is 0.340 e. The molecule has 5 aromatic rings. The highest BCUT2D eigenvalue weighted by Crippen LogP contribution is 2.54. The maximum absolute atomic E-state index is 13.9. The standard InChI is InChI=1S/C41H46N2O3/c1-6-42(7-2)31-23-24-35(38(28-31)45-27-26-30-16-10-9-11-17-30)41(34-20-14-12-18-32(34)40(44)46-41)39-33-19-13-15-21-36(33)43(8-3)37(39)25-22-29(4)5/h9-21,23-24,28-29H,6-8,22,25-27H2,1-5H3. The van der Waals surface area contributed by atoms with Gasteiger partial charge in [-0.2, -0.15) is 0 Å². The van der Waals surface area contributed by atoms with Crippen molar-refractivity contribution in [1.82, 2.24) is 4.57 Å². The topological polar surface area (TPSA) is 43.7 Å². The summed E-state index contributed by atoms with van der Waals surface area (Å²) in [4.78, 5) is 16.2. The van der Waals surface area contributed by atoms with Gasteiger partial charge >= 0.3 is 5.97 Å². The van der Waals surface area contributed by atoms with Gasteiger partial charge in [0.05, 0.1) is 12.2 Å². The second kappa shape index (κ2) is 13.5. The lowest BCUT2D eigenvalue weighted by atomic mass is 9.77. The highest BCUT2D eigenvalue weighted by atomic mass is 16.6. The SMILES string of the molecule is CCN(CC)c1ccc(C2(c3c(CCC(C)C)n(CC)c4ccccc34)OC(=O)c3ccccc32)c(OCCc2ccccc2)c1. The summed E-state index contributed by atoms with van der Waals surface area (Å²) in [5.41, 5.74) is 6.89. The Morgan fingerprint density at radius 2 is 1.54 bits per heavy atom. The van der Waals surface area contributed by atoms with Gasteiger partial charge in [0, 0.05) is 71.1 Å². The Labute approximate surface area is 273 Å². The summed E-state index contributed by atoms with van der Waals surface area (Å²) in [7, 11) is 0. The van der Waals surface area contributed by atoms with Crippen LogP contribution in [-0.4, -0.2) is 30.2 Å². The van der Waals surface area contributed by atoms with E-state index in [1.807, 2.05) is 24.3 Å². The lowest BCUT2D eigenvalue weighted by molar-refractivity contribution is 0.0245. The monoisotopic (exact) mass is 614 g/mol. The lowest BCUT2D eigenvalue weighted by Gasteiger charge is -2.34. The van der Waals surface area contributed by atoms with E-state index in [1.165, 1.54) is 11.3 Å². The minimum absolute atomic E-state index is 0.304. The number of rotatable bonds is 13. The minimum atomic E-state index is -1.18. The number of carbonyl (C=O) groups is 1. The number of ether oxygens (including phenoxy) is 2. The number of nitrogens with zero attached hydrogens (tertiary/aromatic N) is 2. The van der Waals surface area contributed by atoms with E-state index in [-0.39, 0.29) is 5.97 Å². The zero-order valence-corrected chi connectivity index (χ0v) is 27.9. The lowest BCUT2D eigenvalue weighted by Crippen LogP contribution is -2.32.